The summed E-state index contributed by atoms with van der Waals surface area (Å²) < 4.78 is 5.44. The summed E-state index contributed by atoms with van der Waals surface area (Å²) in [5.41, 5.74) is 0. The Morgan fingerprint density at radius 2 is 2.27 bits per heavy atom. The molecule has 2 fully saturated rings. The van der Waals surface area contributed by atoms with E-state index in [1.165, 1.54) is 25.9 Å². The first kappa shape index (κ1) is 11.4. The lowest BCUT2D eigenvalue weighted by Gasteiger charge is -2.26. The molecule has 1 heterocycles. The van der Waals surface area contributed by atoms with Crippen molar-refractivity contribution < 1.29 is 4.74 Å². The molecule has 3 unspecified atom stereocenters. The van der Waals surface area contributed by atoms with Gasteiger partial charge in [-0.2, -0.15) is 0 Å². The zero-order chi connectivity index (χ0) is 10.7. The Balaban J connectivity index is 1.55. The molecule has 1 saturated heterocycles. The van der Waals surface area contributed by atoms with Crippen molar-refractivity contribution >= 4 is 0 Å². The lowest BCUT2D eigenvalue weighted by molar-refractivity contribution is 0.0708. The summed E-state index contributed by atoms with van der Waals surface area (Å²) in [5.74, 6) is 1.95. The molecule has 1 saturated carbocycles. The zero-order valence-electron chi connectivity index (χ0n) is 10.0. The minimum absolute atomic E-state index is 0.581. The third-order valence-electron chi connectivity index (χ3n) is 3.68. The fourth-order valence-electron chi connectivity index (χ4n) is 2.33. The molecule has 0 aromatic rings. The summed E-state index contributed by atoms with van der Waals surface area (Å²) in [6.45, 7) is 7.64. The largest absolute Gasteiger partial charge is 0.379 e. The highest BCUT2D eigenvalue weighted by atomic mass is 16.5. The number of nitrogens with one attached hydrogen (secondary N) is 1. The van der Waals surface area contributed by atoms with Crippen LogP contribution in [0.25, 0.3) is 0 Å². The van der Waals surface area contributed by atoms with Crippen LogP contribution in [0.3, 0.4) is 0 Å². The van der Waals surface area contributed by atoms with Gasteiger partial charge in [0.1, 0.15) is 0 Å². The Morgan fingerprint density at radius 3 is 2.87 bits per heavy atom. The average molecular weight is 212 g/mol. The zero-order valence-corrected chi connectivity index (χ0v) is 10.0. The summed E-state index contributed by atoms with van der Waals surface area (Å²) >= 11 is 0. The third kappa shape index (κ3) is 3.74. The lowest BCUT2D eigenvalue weighted by atomic mass is 10.2. The van der Waals surface area contributed by atoms with E-state index in [9.17, 15) is 0 Å². The quantitative estimate of drug-likeness (QED) is 0.734. The Hall–Kier alpha value is -0.120. The molecule has 88 valence electrons. The smallest absolute Gasteiger partial charge is 0.0620 e. The highest BCUT2D eigenvalue weighted by Crippen LogP contribution is 2.37. The Labute approximate surface area is 93.2 Å². The molecule has 1 N–H and O–H groups in total. The van der Waals surface area contributed by atoms with Crippen LogP contribution in [0, 0.1) is 11.8 Å². The maximum absolute atomic E-state index is 5.44. The molecule has 1 aliphatic heterocycles. The normalized spacial score (nSPS) is 35.8. The van der Waals surface area contributed by atoms with Crippen molar-refractivity contribution in [1.29, 1.82) is 0 Å². The number of ether oxygens (including phenoxy) is 1. The fourth-order valence-corrected chi connectivity index (χ4v) is 2.33. The molecule has 0 spiro atoms. The Kier molecular flexibility index (Phi) is 4.00. The van der Waals surface area contributed by atoms with Gasteiger partial charge in [-0.05, 0) is 38.3 Å². The van der Waals surface area contributed by atoms with Crippen molar-refractivity contribution in [3.8, 4) is 0 Å². The maximum Gasteiger partial charge on any atom is 0.0620 e. The SMILES string of the molecule is CC1CC1CN(C)CCC1COCCN1. The van der Waals surface area contributed by atoms with E-state index in [0.29, 0.717) is 6.04 Å². The summed E-state index contributed by atoms with van der Waals surface area (Å²) in [5, 5.41) is 3.50. The molecule has 2 rings (SSSR count). The molecule has 3 heteroatoms. The molecule has 0 bridgehead atoms. The van der Waals surface area contributed by atoms with Gasteiger partial charge in [-0.3, -0.25) is 0 Å². The first-order valence-electron chi connectivity index (χ1n) is 6.25. The monoisotopic (exact) mass is 212 g/mol. The minimum Gasteiger partial charge on any atom is -0.379 e. The van der Waals surface area contributed by atoms with Crippen LogP contribution < -0.4 is 5.32 Å². The number of morpholine rings is 1. The van der Waals surface area contributed by atoms with E-state index in [1.807, 2.05) is 0 Å². The predicted molar refractivity (Wildman–Crippen MR) is 62.0 cm³/mol. The van der Waals surface area contributed by atoms with Crippen LogP contribution in [0.5, 0.6) is 0 Å². The van der Waals surface area contributed by atoms with E-state index in [0.717, 1.165) is 31.6 Å². The van der Waals surface area contributed by atoms with Gasteiger partial charge in [0.05, 0.1) is 13.2 Å². The molecule has 3 atom stereocenters. The average Bonchev–Trinajstić information content (AvgIpc) is 2.93. The summed E-state index contributed by atoms with van der Waals surface area (Å²) in [6.07, 6.45) is 2.66. The minimum atomic E-state index is 0.581. The van der Waals surface area contributed by atoms with Crippen LogP contribution >= 0.6 is 0 Å². The molecule has 0 aromatic carbocycles. The molecule has 1 aliphatic carbocycles. The van der Waals surface area contributed by atoms with Crippen LogP contribution in [0.4, 0.5) is 0 Å². The van der Waals surface area contributed by atoms with E-state index in [4.69, 9.17) is 4.74 Å². The molecular formula is C12H24N2O. The standard InChI is InChI=1S/C12H24N2O/c1-10-7-11(10)8-14(2)5-3-12-9-15-6-4-13-12/h10-13H,3-9H2,1-2H3. The van der Waals surface area contributed by atoms with Gasteiger partial charge in [-0.25, -0.2) is 0 Å². The van der Waals surface area contributed by atoms with E-state index in [1.54, 1.807) is 0 Å². The van der Waals surface area contributed by atoms with Crippen LogP contribution in [-0.4, -0.2) is 50.8 Å². The van der Waals surface area contributed by atoms with E-state index >= 15 is 0 Å². The molecule has 0 amide bonds. The number of nitrogens with zero attached hydrogens (tertiary/aromatic N) is 1. The first-order valence-corrected chi connectivity index (χ1v) is 6.25. The van der Waals surface area contributed by atoms with Gasteiger partial charge in [0.15, 0.2) is 0 Å². The second-order valence-corrected chi connectivity index (χ2v) is 5.25. The molecular weight excluding hydrogens is 188 g/mol. The van der Waals surface area contributed by atoms with Gasteiger partial charge in [-0.15, -0.1) is 0 Å². The molecule has 3 nitrogen and oxygen atoms in total. The van der Waals surface area contributed by atoms with Crippen molar-refractivity contribution in [3.05, 3.63) is 0 Å². The lowest BCUT2D eigenvalue weighted by Crippen LogP contribution is -2.43. The second kappa shape index (κ2) is 5.28. The summed E-state index contributed by atoms with van der Waals surface area (Å²) in [4.78, 5) is 2.48. The van der Waals surface area contributed by atoms with Crippen LogP contribution in [0.15, 0.2) is 0 Å². The van der Waals surface area contributed by atoms with E-state index < -0.39 is 0 Å². The van der Waals surface area contributed by atoms with Gasteiger partial charge in [0, 0.05) is 19.1 Å². The predicted octanol–water partition coefficient (Wildman–Crippen LogP) is 0.953. The van der Waals surface area contributed by atoms with Gasteiger partial charge in [-0.1, -0.05) is 6.92 Å². The van der Waals surface area contributed by atoms with Crippen molar-refractivity contribution in [2.24, 2.45) is 11.8 Å². The second-order valence-electron chi connectivity index (χ2n) is 5.25. The maximum atomic E-state index is 5.44. The van der Waals surface area contributed by atoms with Gasteiger partial charge >= 0.3 is 0 Å². The Morgan fingerprint density at radius 1 is 1.47 bits per heavy atom. The number of hydrogen-bond acceptors (Lipinski definition) is 3. The Bertz CT molecular complexity index is 192. The van der Waals surface area contributed by atoms with E-state index in [2.05, 4.69) is 24.2 Å². The van der Waals surface area contributed by atoms with Gasteiger partial charge in [0.2, 0.25) is 0 Å². The fraction of sp³-hybridized carbons (Fsp3) is 1.00. The van der Waals surface area contributed by atoms with Crippen LogP contribution in [-0.2, 0) is 4.74 Å². The first-order chi connectivity index (χ1) is 7.25. The van der Waals surface area contributed by atoms with Crippen LogP contribution in [0.2, 0.25) is 0 Å². The van der Waals surface area contributed by atoms with Crippen LogP contribution in [0.1, 0.15) is 19.8 Å². The van der Waals surface area contributed by atoms with Crippen molar-refractivity contribution in [2.75, 3.05) is 39.9 Å². The van der Waals surface area contributed by atoms with Crippen molar-refractivity contribution in [3.63, 3.8) is 0 Å². The summed E-state index contributed by atoms with van der Waals surface area (Å²) in [6, 6.07) is 0.581. The highest BCUT2D eigenvalue weighted by molar-refractivity contribution is 4.84. The van der Waals surface area contributed by atoms with Gasteiger partial charge < -0.3 is 15.0 Å². The molecule has 0 radical (unpaired) electrons. The number of rotatable bonds is 5. The molecule has 15 heavy (non-hydrogen) atoms. The van der Waals surface area contributed by atoms with E-state index in [-0.39, 0.29) is 0 Å². The van der Waals surface area contributed by atoms with Gasteiger partial charge in [0.25, 0.3) is 0 Å². The van der Waals surface area contributed by atoms with Crippen molar-refractivity contribution in [2.45, 2.75) is 25.8 Å². The number of hydrogen-bond donors (Lipinski definition) is 1. The summed E-state index contributed by atoms with van der Waals surface area (Å²) in [7, 11) is 2.24. The molecule has 2 aliphatic rings. The molecule has 0 aromatic heterocycles. The third-order valence-corrected chi connectivity index (χ3v) is 3.68. The van der Waals surface area contributed by atoms with Crippen molar-refractivity contribution in [1.82, 2.24) is 10.2 Å². The topological polar surface area (TPSA) is 24.5 Å². The highest BCUT2D eigenvalue weighted by Gasteiger charge is 2.33.